The number of likely N-dealkylation sites (N-methyl/N-ethyl adjacent to an activating group) is 1. The van der Waals surface area contributed by atoms with Gasteiger partial charge in [-0.25, -0.2) is 4.79 Å². The summed E-state index contributed by atoms with van der Waals surface area (Å²) in [5.41, 5.74) is 0.330. The molecule has 1 atom stereocenters. The summed E-state index contributed by atoms with van der Waals surface area (Å²) in [4.78, 5) is 25.0. The summed E-state index contributed by atoms with van der Waals surface area (Å²) in [7, 11) is 0. The van der Waals surface area contributed by atoms with Crippen molar-refractivity contribution in [2.24, 2.45) is 0 Å². The first-order chi connectivity index (χ1) is 8.47. The third-order valence-corrected chi connectivity index (χ3v) is 2.63. The molecule has 0 saturated carbocycles. The van der Waals surface area contributed by atoms with E-state index in [1.54, 1.807) is 18.7 Å². The van der Waals surface area contributed by atoms with Gasteiger partial charge in [0.15, 0.2) is 0 Å². The van der Waals surface area contributed by atoms with Crippen LogP contribution < -0.4 is 5.32 Å². The Balaban J connectivity index is 4.17. The maximum Gasteiger partial charge on any atom is 0.334 e. The highest BCUT2D eigenvalue weighted by molar-refractivity contribution is 5.88. The van der Waals surface area contributed by atoms with Crippen molar-refractivity contribution in [2.75, 3.05) is 26.2 Å². The van der Waals surface area contributed by atoms with E-state index in [0.717, 1.165) is 0 Å². The van der Waals surface area contributed by atoms with E-state index in [4.69, 9.17) is 4.74 Å². The molecule has 104 valence electrons. The summed E-state index contributed by atoms with van der Waals surface area (Å²) in [6.45, 7) is 13.0. The Labute approximate surface area is 109 Å². The number of hydrogen-bond acceptors (Lipinski definition) is 4. The summed E-state index contributed by atoms with van der Waals surface area (Å²) in [6, 6.07) is -0.337. The number of amides is 1. The fourth-order valence-corrected chi connectivity index (χ4v) is 1.48. The van der Waals surface area contributed by atoms with E-state index in [9.17, 15) is 9.59 Å². The van der Waals surface area contributed by atoms with Crippen LogP contribution in [0.2, 0.25) is 0 Å². The monoisotopic (exact) mass is 256 g/mol. The minimum atomic E-state index is -0.424. The van der Waals surface area contributed by atoms with E-state index in [1.807, 2.05) is 13.8 Å². The molecule has 0 aromatic rings. The second kappa shape index (κ2) is 8.69. The standard InChI is InChI=1S/C13H24N2O3/c1-6-15(7-2)12(16)11(5)14-9-10(4)13(17)18-8-3/h11,14H,4,6-9H2,1-3,5H3. The molecule has 0 saturated heterocycles. The molecular formula is C13H24N2O3. The van der Waals surface area contributed by atoms with Crippen molar-refractivity contribution in [2.45, 2.75) is 33.7 Å². The number of nitrogens with one attached hydrogen (secondary N) is 1. The number of carbonyl (C=O) groups excluding carboxylic acids is 2. The molecule has 5 nitrogen and oxygen atoms in total. The van der Waals surface area contributed by atoms with Gasteiger partial charge in [0, 0.05) is 25.2 Å². The van der Waals surface area contributed by atoms with E-state index in [-0.39, 0.29) is 18.5 Å². The smallest absolute Gasteiger partial charge is 0.334 e. The molecule has 0 heterocycles. The summed E-state index contributed by atoms with van der Waals surface area (Å²) in [5, 5.41) is 2.98. The number of nitrogens with zero attached hydrogens (tertiary/aromatic N) is 1. The number of hydrogen-bond donors (Lipinski definition) is 1. The van der Waals surface area contributed by atoms with Crippen LogP contribution >= 0.6 is 0 Å². The fraction of sp³-hybridized carbons (Fsp3) is 0.692. The number of carbonyl (C=O) groups is 2. The van der Waals surface area contributed by atoms with Gasteiger partial charge in [0.05, 0.1) is 12.6 Å². The second-order valence-corrected chi connectivity index (χ2v) is 3.94. The lowest BCUT2D eigenvalue weighted by Gasteiger charge is -2.23. The Morgan fingerprint density at radius 3 is 2.28 bits per heavy atom. The van der Waals surface area contributed by atoms with Crippen LogP contribution in [0, 0.1) is 0 Å². The average Bonchev–Trinajstić information content (AvgIpc) is 2.36. The first kappa shape index (κ1) is 16.6. The number of esters is 1. The van der Waals surface area contributed by atoms with Crippen molar-refractivity contribution in [1.29, 1.82) is 0 Å². The van der Waals surface area contributed by atoms with Gasteiger partial charge in [0.2, 0.25) is 5.91 Å². The lowest BCUT2D eigenvalue weighted by atomic mass is 10.2. The van der Waals surface area contributed by atoms with Crippen LogP contribution in [0.25, 0.3) is 0 Å². The van der Waals surface area contributed by atoms with Crippen molar-refractivity contribution in [1.82, 2.24) is 10.2 Å². The Kier molecular flexibility index (Phi) is 8.03. The van der Waals surface area contributed by atoms with Crippen molar-refractivity contribution >= 4 is 11.9 Å². The second-order valence-electron chi connectivity index (χ2n) is 3.94. The lowest BCUT2D eigenvalue weighted by molar-refractivity contribution is -0.139. The Morgan fingerprint density at radius 2 is 1.83 bits per heavy atom. The van der Waals surface area contributed by atoms with Crippen molar-refractivity contribution < 1.29 is 14.3 Å². The van der Waals surface area contributed by atoms with E-state index in [2.05, 4.69) is 11.9 Å². The SMILES string of the molecule is C=C(CNC(C)C(=O)N(CC)CC)C(=O)OCC. The lowest BCUT2D eigenvalue weighted by Crippen LogP contribution is -2.45. The molecule has 0 fully saturated rings. The molecule has 0 spiro atoms. The molecular weight excluding hydrogens is 232 g/mol. The zero-order chi connectivity index (χ0) is 14.1. The fourth-order valence-electron chi connectivity index (χ4n) is 1.48. The molecule has 0 rings (SSSR count). The van der Waals surface area contributed by atoms with Crippen LogP contribution in [0.5, 0.6) is 0 Å². The topological polar surface area (TPSA) is 58.6 Å². The first-order valence-corrected chi connectivity index (χ1v) is 6.34. The van der Waals surface area contributed by atoms with E-state index >= 15 is 0 Å². The molecule has 0 aliphatic carbocycles. The molecule has 0 bridgehead atoms. The van der Waals surface area contributed by atoms with E-state index in [0.29, 0.717) is 25.3 Å². The Hall–Kier alpha value is -1.36. The molecule has 0 aromatic heterocycles. The maximum absolute atomic E-state index is 11.9. The van der Waals surface area contributed by atoms with Crippen LogP contribution in [-0.2, 0) is 14.3 Å². The summed E-state index contributed by atoms with van der Waals surface area (Å²) < 4.78 is 4.81. The predicted molar refractivity (Wildman–Crippen MR) is 71.2 cm³/mol. The molecule has 5 heteroatoms. The van der Waals surface area contributed by atoms with Crippen LogP contribution in [0.1, 0.15) is 27.7 Å². The van der Waals surface area contributed by atoms with Gasteiger partial charge in [-0.05, 0) is 27.7 Å². The van der Waals surface area contributed by atoms with Crippen LogP contribution in [0.3, 0.4) is 0 Å². The molecule has 1 amide bonds. The summed E-state index contributed by atoms with van der Waals surface area (Å²) in [6.07, 6.45) is 0. The van der Waals surface area contributed by atoms with Crippen LogP contribution in [-0.4, -0.2) is 49.1 Å². The third-order valence-electron chi connectivity index (χ3n) is 2.63. The molecule has 1 N–H and O–H groups in total. The number of rotatable bonds is 8. The molecule has 0 aliphatic rings. The quantitative estimate of drug-likeness (QED) is 0.519. The van der Waals surface area contributed by atoms with Crippen LogP contribution in [0.15, 0.2) is 12.2 Å². The molecule has 0 radical (unpaired) electrons. The minimum absolute atomic E-state index is 0.0247. The molecule has 18 heavy (non-hydrogen) atoms. The predicted octanol–water partition coefficient (Wildman–Crippen LogP) is 0.952. The van der Waals surface area contributed by atoms with Gasteiger partial charge in [-0.3, -0.25) is 4.79 Å². The van der Waals surface area contributed by atoms with Crippen molar-refractivity contribution in [3.8, 4) is 0 Å². The zero-order valence-corrected chi connectivity index (χ0v) is 11.8. The highest BCUT2D eigenvalue weighted by atomic mass is 16.5. The van der Waals surface area contributed by atoms with Gasteiger partial charge >= 0.3 is 5.97 Å². The van der Waals surface area contributed by atoms with Crippen molar-refractivity contribution in [3.05, 3.63) is 12.2 Å². The normalized spacial score (nSPS) is 11.8. The summed E-state index contributed by atoms with van der Waals surface area (Å²) in [5.74, 6) is -0.399. The van der Waals surface area contributed by atoms with Crippen molar-refractivity contribution in [3.63, 3.8) is 0 Å². The Morgan fingerprint density at radius 1 is 1.28 bits per heavy atom. The van der Waals surface area contributed by atoms with Gasteiger partial charge in [0.25, 0.3) is 0 Å². The highest BCUT2D eigenvalue weighted by Crippen LogP contribution is 1.98. The van der Waals surface area contributed by atoms with E-state index in [1.165, 1.54) is 0 Å². The first-order valence-electron chi connectivity index (χ1n) is 6.34. The molecule has 0 aromatic carbocycles. The maximum atomic E-state index is 11.9. The van der Waals surface area contributed by atoms with Crippen LogP contribution in [0.4, 0.5) is 0 Å². The van der Waals surface area contributed by atoms with Gasteiger partial charge in [-0.15, -0.1) is 0 Å². The molecule has 0 aliphatic heterocycles. The van der Waals surface area contributed by atoms with Gasteiger partial charge in [0.1, 0.15) is 0 Å². The summed E-state index contributed by atoms with van der Waals surface area (Å²) >= 11 is 0. The van der Waals surface area contributed by atoms with Gasteiger partial charge in [-0.1, -0.05) is 6.58 Å². The van der Waals surface area contributed by atoms with Gasteiger partial charge < -0.3 is 15.0 Å². The van der Waals surface area contributed by atoms with E-state index < -0.39 is 5.97 Å². The minimum Gasteiger partial charge on any atom is -0.463 e. The average molecular weight is 256 g/mol. The zero-order valence-electron chi connectivity index (χ0n) is 11.8. The number of ether oxygens (including phenoxy) is 1. The third kappa shape index (κ3) is 5.31. The Bertz CT molecular complexity index is 299. The largest absolute Gasteiger partial charge is 0.463 e. The van der Waals surface area contributed by atoms with Gasteiger partial charge in [-0.2, -0.15) is 0 Å². The highest BCUT2D eigenvalue weighted by Gasteiger charge is 2.18. The molecule has 1 unspecified atom stereocenters.